The molecular weight excluding hydrogens is 404 g/mol. The molecule has 6 heteroatoms. The van der Waals surface area contributed by atoms with Crippen molar-refractivity contribution in [3.05, 3.63) is 29.8 Å². The predicted octanol–water partition coefficient (Wildman–Crippen LogP) is 4.01. The van der Waals surface area contributed by atoms with Crippen LogP contribution in [-0.2, 0) is 15.2 Å². The van der Waals surface area contributed by atoms with Crippen molar-refractivity contribution >= 4 is 11.9 Å². The average Bonchev–Trinajstić information content (AvgIpc) is 2.74. The molecule has 2 aliphatic carbocycles. The third kappa shape index (κ3) is 6.32. The molecule has 2 saturated carbocycles. The first-order valence-electron chi connectivity index (χ1n) is 12.2. The first kappa shape index (κ1) is 24.7. The first-order valence-corrected chi connectivity index (χ1v) is 12.2. The van der Waals surface area contributed by atoms with Crippen LogP contribution in [0.5, 0.6) is 5.75 Å². The average molecular weight is 445 g/mol. The van der Waals surface area contributed by atoms with E-state index in [2.05, 4.69) is 10.2 Å². The monoisotopic (exact) mass is 444 g/mol. The van der Waals surface area contributed by atoms with Crippen molar-refractivity contribution in [1.82, 2.24) is 10.2 Å². The predicted molar refractivity (Wildman–Crippen MR) is 125 cm³/mol. The molecule has 0 heterocycles. The van der Waals surface area contributed by atoms with Gasteiger partial charge < -0.3 is 20.1 Å². The molecule has 3 rings (SSSR count). The molecule has 2 aliphatic rings. The van der Waals surface area contributed by atoms with Crippen LogP contribution in [0.4, 0.5) is 0 Å². The van der Waals surface area contributed by atoms with Crippen molar-refractivity contribution in [3.8, 4) is 5.75 Å². The summed E-state index contributed by atoms with van der Waals surface area (Å²) in [6.45, 7) is 2.86. The summed E-state index contributed by atoms with van der Waals surface area (Å²) in [5, 5.41) is 14.5. The minimum atomic E-state index is -0.902. The van der Waals surface area contributed by atoms with Crippen LogP contribution in [-0.4, -0.2) is 49.1 Å². The molecule has 6 nitrogen and oxygen atoms in total. The van der Waals surface area contributed by atoms with E-state index in [4.69, 9.17) is 4.74 Å². The van der Waals surface area contributed by atoms with Crippen LogP contribution in [0.1, 0.15) is 76.7 Å². The van der Waals surface area contributed by atoms with Crippen LogP contribution in [0.25, 0.3) is 0 Å². The highest BCUT2D eigenvalue weighted by Gasteiger charge is 2.41. The van der Waals surface area contributed by atoms with Gasteiger partial charge in [-0.3, -0.25) is 9.59 Å². The van der Waals surface area contributed by atoms with Crippen molar-refractivity contribution in [1.29, 1.82) is 0 Å². The number of carbonyl (C=O) groups excluding carboxylic acids is 2. The molecule has 0 bridgehead atoms. The zero-order valence-electron chi connectivity index (χ0n) is 20.0. The van der Waals surface area contributed by atoms with Crippen molar-refractivity contribution in [2.45, 2.75) is 76.7 Å². The first-order chi connectivity index (χ1) is 15.2. The van der Waals surface area contributed by atoms with Crippen LogP contribution < -0.4 is 10.1 Å². The van der Waals surface area contributed by atoms with Gasteiger partial charge in [0, 0.05) is 25.9 Å². The molecule has 0 aliphatic heterocycles. The molecule has 0 radical (unpaired) electrons. The van der Waals surface area contributed by atoms with Gasteiger partial charge in [-0.25, -0.2) is 0 Å². The van der Waals surface area contributed by atoms with Crippen molar-refractivity contribution < 1.29 is 19.4 Å². The van der Waals surface area contributed by atoms with Gasteiger partial charge in [-0.2, -0.15) is 0 Å². The number of amides is 1. The van der Waals surface area contributed by atoms with Crippen LogP contribution in [0, 0.1) is 11.3 Å². The van der Waals surface area contributed by atoms with Gasteiger partial charge in [-0.15, -0.1) is 0 Å². The number of hydrogen-bond donors (Lipinski definition) is 2. The molecule has 2 N–H and O–H groups in total. The zero-order chi connectivity index (χ0) is 23.2. The summed E-state index contributed by atoms with van der Waals surface area (Å²) in [4.78, 5) is 26.5. The quantitative estimate of drug-likeness (QED) is 0.468. The second-order valence-electron chi connectivity index (χ2n) is 10.3. The van der Waals surface area contributed by atoms with Gasteiger partial charge in [0.05, 0.1) is 12.0 Å². The number of ether oxygens (including phenoxy) is 1. The highest BCUT2D eigenvalue weighted by Crippen LogP contribution is 2.43. The van der Waals surface area contributed by atoms with E-state index in [-0.39, 0.29) is 23.2 Å². The van der Waals surface area contributed by atoms with E-state index in [0.717, 1.165) is 63.5 Å². The second kappa shape index (κ2) is 10.8. The minimum absolute atomic E-state index is 0.0657. The van der Waals surface area contributed by atoms with Gasteiger partial charge in [0.1, 0.15) is 5.75 Å². The fourth-order valence-corrected chi connectivity index (χ4v) is 5.62. The lowest BCUT2D eigenvalue weighted by atomic mass is 9.71. The maximum atomic E-state index is 12.9. The largest absolute Gasteiger partial charge is 0.427 e. The number of benzene rings is 1. The lowest BCUT2D eigenvalue weighted by Gasteiger charge is -2.41. The van der Waals surface area contributed by atoms with E-state index >= 15 is 0 Å². The Morgan fingerprint density at radius 3 is 2.53 bits per heavy atom. The SMILES string of the molecule is CC(=O)NCC1(CC(=O)Oc2cccc([C@]3(O)CCCC[C@H]3CN(C)C)c2)CCCCC1. The number of hydrogen-bond acceptors (Lipinski definition) is 5. The Bertz CT molecular complexity index is 788. The Kier molecular flexibility index (Phi) is 8.34. The summed E-state index contributed by atoms with van der Waals surface area (Å²) >= 11 is 0. The summed E-state index contributed by atoms with van der Waals surface area (Å²) in [5.74, 6) is 0.305. The lowest BCUT2D eigenvalue weighted by Crippen LogP contribution is -2.43. The lowest BCUT2D eigenvalue weighted by molar-refractivity contribution is -0.138. The topological polar surface area (TPSA) is 78.9 Å². The third-order valence-electron chi connectivity index (χ3n) is 7.33. The van der Waals surface area contributed by atoms with E-state index in [1.807, 2.05) is 32.3 Å². The third-order valence-corrected chi connectivity index (χ3v) is 7.33. The number of nitrogens with zero attached hydrogens (tertiary/aromatic N) is 1. The van der Waals surface area contributed by atoms with E-state index in [0.29, 0.717) is 18.7 Å². The minimum Gasteiger partial charge on any atom is -0.427 e. The van der Waals surface area contributed by atoms with Crippen molar-refractivity contribution in [2.24, 2.45) is 11.3 Å². The Hall–Kier alpha value is -1.92. The molecule has 1 amide bonds. The molecule has 0 spiro atoms. The number of aliphatic hydroxyl groups is 1. The Balaban J connectivity index is 1.71. The molecule has 0 saturated heterocycles. The fourth-order valence-electron chi connectivity index (χ4n) is 5.62. The molecule has 0 unspecified atom stereocenters. The highest BCUT2D eigenvalue weighted by molar-refractivity contribution is 5.74. The summed E-state index contributed by atoms with van der Waals surface area (Å²) in [6.07, 6.45) is 9.31. The smallest absolute Gasteiger partial charge is 0.311 e. The van der Waals surface area contributed by atoms with Crippen LogP contribution in [0.2, 0.25) is 0 Å². The number of rotatable bonds is 8. The molecule has 32 heavy (non-hydrogen) atoms. The Morgan fingerprint density at radius 2 is 1.84 bits per heavy atom. The zero-order valence-corrected chi connectivity index (χ0v) is 20.0. The summed E-state index contributed by atoms with van der Waals surface area (Å²) < 4.78 is 5.77. The molecule has 0 aromatic heterocycles. The van der Waals surface area contributed by atoms with Gasteiger partial charge in [0.15, 0.2) is 0 Å². The Morgan fingerprint density at radius 1 is 1.12 bits per heavy atom. The number of esters is 1. The molecule has 178 valence electrons. The fraction of sp³-hybridized carbons (Fsp3) is 0.692. The molecule has 1 aromatic carbocycles. The van der Waals surface area contributed by atoms with Gasteiger partial charge in [0.2, 0.25) is 5.91 Å². The molecule has 1 aromatic rings. The molecular formula is C26H40N2O4. The normalized spacial score (nSPS) is 25.3. The maximum absolute atomic E-state index is 12.9. The van der Waals surface area contributed by atoms with Crippen molar-refractivity contribution in [2.75, 3.05) is 27.2 Å². The van der Waals surface area contributed by atoms with E-state index in [1.54, 1.807) is 6.07 Å². The maximum Gasteiger partial charge on any atom is 0.311 e. The summed E-state index contributed by atoms with van der Waals surface area (Å²) in [6, 6.07) is 7.44. The van der Waals surface area contributed by atoms with Gasteiger partial charge in [-0.1, -0.05) is 44.2 Å². The number of nitrogens with one attached hydrogen (secondary N) is 1. The number of carbonyl (C=O) groups is 2. The van der Waals surface area contributed by atoms with Gasteiger partial charge >= 0.3 is 5.97 Å². The van der Waals surface area contributed by atoms with Gasteiger partial charge in [-0.05, 0) is 62.9 Å². The summed E-state index contributed by atoms with van der Waals surface area (Å²) in [7, 11) is 4.07. The molecule has 2 atom stereocenters. The van der Waals surface area contributed by atoms with E-state index in [9.17, 15) is 14.7 Å². The Labute approximate surface area is 192 Å². The second-order valence-corrected chi connectivity index (χ2v) is 10.3. The summed E-state index contributed by atoms with van der Waals surface area (Å²) in [5.41, 5.74) is -0.294. The van der Waals surface area contributed by atoms with Crippen LogP contribution in [0.15, 0.2) is 24.3 Å². The highest BCUT2D eigenvalue weighted by atomic mass is 16.5. The standard InChI is InChI=1S/C26H40N2O4/c1-20(29)27-19-25(13-6-4-7-14-25)17-24(30)32-23-12-9-11-21(16-23)26(31)15-8-5-10-22(26)18-28(2)3/h9,11-12,16,22,31H,4-8,10,13-15,17-19H2,1-3H3,(H,27,29)/t22-,26+/m0/s1. The van der Waals surface area contributed by atoms with Crippen LogP contribution >= 0.6 is 0 Å². The molecule has 2 fully saturated rings. The van der Waals surface area contributed by atoms with E-state index in [1.165, 1.54) is 13.3 Å². The van der Waals surface area contributed by atoms with E-state index < -0.39 is 5.60 Å². The van der Waals surface area contributed by atoms with Gasteiger partial charge in [0.25, 0.3) is 0 Å². The van der Waals surface area contributed by atoms with Crippen LogP contribution in [0.3, 0.4) is 0 Å². The van der Waals surface area contributed by atoms with Crippen molar-refractivity contribution in [3.63, 3.8) is 0 Å².